The lowest BCUT2D eigenvalue weighted by Crippen LogP contribution is -2.42. The van der Waals surface area contributed by atoms with E-state index in [2.05, 4.69) is 65.6 Å². The highest BCUT2D eigenvalue weighted by atomic mass is 16.7. The van der Waals surface area contributed by atoms with E-state index in [1.807, 2.05) is 30.3 Å². The normalized spacial score (nSPS) is 15.2. The molecule has 4 heteroatoms. The lowest BCUT2D eigenvalue weighted by molar-refractivity contribution is -0.127. The maximum Gasteiger partial charge on any atom is 0.158 e. The van der Waals surface area contributed by atoms with Crippen LogP contribution in [0.4, 0.5) is 0 Å². The molecule has 1 fully saturated rings. The number of carbonyl (C=O) groups is 1. The van der Waals surface area contributed by atoms with E-state index in [-0.39, 0.29) is 18.1 Å². The lowest BCUT2D eigenvalue weighted by Gasteiger charge is -2.31. The zero-order valence-electron chi connectivity index (χ0n) is 18.4. The molecule has 32 heavy (non-hydrogen) atoms. The summed E-state index contributed by atoms with van der Waals surface area (Å²) in [5, 5.41) is 0. The zero-order chi connectivity index (χ0) is 22.0. The predicted molar refractivity (Wildman–Crippen MR) is 126 cm³/mol. The highest BCUT2D eigenvalue weighted by Crippen LogP contribution is 2.20. The van der Waals surface area contributed by atoms with E-state index < -0.39 is 0 Å². The first-order valence-corrected chi connectivity index (χ1v) is 11.4. The molecule has 0 bridgehead atoms. The summed E-state index contributed by atoms with van der Waals surface area (Å²) in [6.07, 6.45) is 1.48. The van der Waals surface area contributed by atoms with Gasteiger partial charge in [0.2, 0.25) is 0 Å². The van der Waals surface area contributed by atoms with Gasteiger partial charge in [-0.3, -0.25) is 9.69 Å². The van der Waals surface area contributed by atoms with E-state index in [9.17, 15) is 4.79 Å². The average Bonchev–Trinajstić information content (AvgIpc) is 3.36. The maximum absolute atomic E-state index is 13.6. The summed E-state index contributed by atoms with van der Waals surface area (Å²) >= 11 is 0. The van der Waals surface area contributed by atoms with Crippen LogP contribution in [-0.4, -0.2) is 36.2 Å². The highest BCUT2D eigenvalue weighted by Gasteiger charge is 2.28. The number of benzene rings is 3. The van der Waals surface area contributed by atoms with Crippen molar-refractivity contribution in [2.24, 2.45) is 0 Å². The summed E-state index contributed by atoms with van der Waals surface area (Å²) in [6, 6.07) is 30.9. The molecule has 0 aliphatic carbocycles. The van der Waals surface area contributed by atoms with Crippen molar-refractivity contribution < 1.29 is 14.3 Å². The highest BCUT2D eigenvalue weighted by molar-refractivity contribution is 5.84. The van der Waals surface area contributed by atoms with Crippen molar-refractivity contribution in [3.05, 3.63) is 108 Å². The van der Waals surface area contributed by atoms with Gasteiger partial charge < -0.3 is 9.47 Å². The Morgan fingerprint density at radius 1 is 0.750 bits per heavy atom. The molecule has 0 N–H and O–H groups in total. The Labute approximate surface area is 190 Å². The van der Waals surface area contributed by atoms with Crippen molar-refractivity contribution in [2.45, 2.75) is 44.7 Å². The largest absolute Gasteiger partial charge is 0.350 e. The first kappa shape index (κ1) is 22.4. The predicted octanol–water partition coefficient (Wildman–Crippen LogP) is 5.02. The third-order valence-electron chi connectivity index (χ3n) is 5.86. The fourth-order valence-electron chi connectivity index (χ4n) is 4.20. The second-order valence-electron chi connectivity index (χ2n) is 8.26. The summed E-state index contributed by atoms with van der Waals surface area (Å²) in [5.41, 5.74) is 3.58. The summed E-state index contributed by atoms with van der Waals surface area (Å²) in [4.78, 5) is 15.9. The van der Waals surface area contributed by atoms with Crippen LogP contribution >= 0.6 is 0 Å². The fourth-order valence-corrected chi connectivity index (χ4v) is 4.20. The van der Waals surface area contributed by atoms with Gasteiger partial charge in [-0.25, -0.2) is 0 Å². The maximum atomic E-state index is 13.6. The van der Waals surface area contributed by atoms with Gasteiger partial charge in [0.25, 0.3) is 0 Å². The number of hydrogen-bond donors (Lipinski definition) is 0. The Balaban J connectivity index is 1.58. The van der Waals surface area contributed by atoms with E-state index >= 15 is 0 Å². The molecule has 1 aliphatic rings. The topological polar surface area (TPSA) is 38.8 Å². The molecule has 1 heterocycles. The molecule has 0 aromatic heterocycles. The van der Waals surface area contributed by atoms with Crippen LogP contribution in [0.25, 0.3) is 0 Å². The van der Waals surface area contributed by atoms with E-state index in [1.54, 1.807) is 0 Å². The van der Waals surface area contributed by atoms with E-state index in [4.69, 9.17) is 9.47 Å². The lowest BCUT2D eigenvalue weighted by atomic mass is 9.96. The molecule has 1 aliphatic heterocycles. The van der Waals surface area contributed by atoms with Gasteiger partial charge in [0, 0.05) is 25.9 Å². The molecule has 1 atom stereocenters. The van der Waals surface area contributed by atoms with Crippen LogP contribution in [0, 0.1) is 0 Å². The molecule has 3 aromatic rings. The number of rotatable bonds is 11. The molecule has 166 valence electrons. The number of carbonyl (C=O) groups excluding carboxylic acids is 1. The van der Waals surface area contributed by atoms with Gasteiger partial charge in [-0.05, 0) is 23.1 Å². The molecule has 1 saturated heterocycles. The molecule has 0 spiro atoms. The van der Waals surface area contributed by atoms with Crippen LogP contribution in [0.3, 0.4) is 0 Å². The number of ether oxygens (including phenoxy) is 2. The molecule has 3 aromatic carbocycles. The van der Waals surface area contributed by atoms with Gasteiger partial charge in [-0.1, -0.05) is 91.0 Å². The zero-order valence-corrected chi connectivity index (χ0v) is 18.4. The van der Waals surface area contributed by atoms with Gasteiger partial charge in [-0.2, -0.15) is 0 Å². The summed E-state index contributed by atoms with van der Waals surface area (Å²) in [7, 11) is 0. The molecule has 4 nitrogen and oxygen atoms in total. The molecule has 0 radical (unpaired) electrons. The van der Waals surface area contributed by atoms with Crippen molar-refractivity contribution in [3.8, 4) is 0 Å². The van der Waals surface area contributed by atoms with E-state index in [0.717, 1.165) is 13.1 Å². The van der Waals surface area contributed by atoms with Crippen LogP contribution in [-0.2, 0) is 33.8 Å². The van der Waals surface area contributed by atoms with Crippen molar-refractivity contribution in [3.63, 3.8) is 0 Å². The fraction of sp³-hybridized carbons (Fsp3) is 0.321. The molecular weight excluding hydrogens is 398 g/mol. The summed E-state index contributed by atoms with van der Waals surface area (Å²) < 4.78 is 11.1. The van der Waals surface area contributed by atoms with Gasteiger partial charge in [0.05, 0.1) is 19.3 Å². The molecule has 4 rings (SSSR count). The van der Waals surface area contributed by atoms with Gasteiger partial charge in [0.1, 0.15) is 0 Å². The Morgan fingerprint density at radius 3 is 1.72 bits per heavy atom. The van der Waals surface area contributed by atoms with Crippen LogP contribution in [0.1, 0.15) is 29.5 Å². The quantitative estimate of drug-likeness (QED) is 0.429. The number of ketones is 1. The first-order chi connectivity index (χ1) is 15.8. The Hall–Kier alpha value is -2.79. The van der Waals surface area contributed by atoms with Crippen LogP contribution in [0.5, 0.6) is 0 Å². The van der Waals surface area contributed by atoms with Crippen LogP contribution < -0.4 is 0 Å². The van der Waals surface area contributed by atoms with Gasteiger partial charge in [0.15, 0.2) is 12.1 Å². The van der Waals surface area contributed by atoms with Crippen LogP contribution in [0.15, 0.2) is 91.0 Å². The van der Waals surface area contributed by atoms with E-state index in [0.29, 0.717) is 32.5 Å². The molecule has 0 amide bonds. The minimum Gasteiger partial charge on any atom is -0.350 e. The van der Waals surface area contributed by atoms with Crippen molar-refractivity contribution in [2.75, 3.05) is 13.2 Å². The Kier molecular flexibility index (Phi) is 8.21. The average molecular weight is 430 g/mol. The number of Topliss-reactive ketones (excluding diaryl/α,β-unsaturated/α-hetero) is 1. The van der Waals surface area contributed by atoms with Crippen molar-refractivity contribution >= 4 is 5.78 Å². The SMILES string of the molecule is O=C(CCC1OCCO1)[C@H](Cc1ccccc1)N(Cc1ccccc1)Cc1ccccc1. The number of nitrogens with zero attached hydrogens (tertiary/aromatic N) is 1. The third kappa shape index (κ3) is 6.60. The van der Waals surface area contributed by atoms with E-state index in [1.165, 1.54) is 16.7 Å². The number of hydrogen-bond acceptors (Lipinski definition) is 4. The van der Waals surface area contributed by atoms with Crippen LogP contribution in [0.2, 0.25) is 0 Å². The Bertz CT molecular complexity index is 899. The summed E-state index contributed by atoms with van der Waals surface area (Å²) in [6.45, 7) is 2.66. The smallest absolute Gasteiger partial charge is 0.158 e. The second kappa shape index (κ2) is 11.7. The Morgan fingerprint density at radius 2 is 1.22 bits per heavy atom. The second-order valence-corrected chi connectivity index (χ2v) is 8.26. The molecule has 0 unspecified atom stereocenters. The summed E-state index contributed by atoms with van der Waals surface area (Å²) in [5.74, 6) is 0.236. The van der Waals surface area contributed by atoms with Gasteiger partial charge >= 0.3 is 0 Å². The third-order valence-corrected chi connectivity index (χ3v) is 5.86. The first-order valence-electron chi connectivity index (χ1n) is 11.4. The van der Waals surface area contributed by atoms with Crippen molar-refractivity contribution in [1.29, 1.82) is 0 Å². The van der Waals surface area contributed by atoms with Gasteiger partial charge in [-0.15, -0.1) is 0 Å². The minimum absolute atomic E-state index is 0.223. The van der Waals surface area contributed by atoms with Crippen molar-refractivity contribution in [1.82, 2.24) is 4.90 Å². The minimum atomic E-state index is -0.256. The molecule has 0 saturated carbocycles. The molecular formula is C28H31NO3. The standard InChI is InChI=1S/C28H31NO3/c30-27(16-17-28-31-18-19-32-28)26(20-23-10-4-1-5-11-23)29(21-24-12-6-2-7-13-24)22-25-14-8-3-9-15-25/h1-15,26,28H,16-22H2/t26-/m0/s1. The monoisotopic (exact) mass is 429 g/mol.